The normalized spacial score (nSPS) is 21.5. The number of nitrogens with zero attached hydrogens (tertiary/aromatic N) is 3. The first kappa shape index (κ1) is 17.1. The first-order valence-electron chi connectivity index (χ1n) is 7.81. The van der Waals surface area contributed by atoms with E-state index in [0.717, 1.165) is 17.0 Å². The Morgan fingerprint density at radius 2 is 2.12 bits per heavy atom. The highest BCUT2D eigenvalue weighted by Crippen LogP contribution is 2.33. The van der Waals surface area contributed by atoms with Crippen LogP contribution in [-0.4, -0.2) is 36.0 Å². The molecule has 132 valence electrons. The zero-order valence-electron chi connectivity index (χ0n) is 14.2. The van der Waals surface area contributed by atoms with Crippen LogP contribution in [0.2, 0.25) is 0 Å². The Balaban J connectivity index is 1.78. The van der Waals surface area contributed by atoms with Gasteiger partial charge in [-0.05, 0) is 27.2 Å². The second-order valence-corrected chi connectivity index (χ2v) is 7.95. The average molecular weight is 354 g/mol. The minimum Gasteiger partial charge on any atom is -0.372 e. The molecule has 0 spiro atoms. The predicted octanol–water partition coefficient (Wildman–Crippen LogP) is 1.28. The first-order chi connectivity index (χ1) is 11.3. The highest BCUT2D eigenvalue weighted by molar-refractivity contribution is 7.88. The quantitative estimate of drug-likeness (QED) is 0.868. The number of sulfonamides is 1. The maximum Gasteiger partial charge on any atom is 0.217 e. The number of aromatic nitrogens is 3. The van der Waals surface area contributed by atoms with Crippen molar-refractivity contribution in [1.82, 2.24) is 19.7 Å². The Kier molecular flexibility index (Phi) is 4.50. The lowest BCUT2D eigenvalue weighted by molar-refractivity contribution is 0.101. The van der Waals surface area contributed by atoms with Crippen molar-refractivity contribution in [3.05, 3.63) is 34.5 Å². The highest BCUT2D eigenvalue weighted by Gasteiger charge is 2.36. The van der Waals surface area contributed by atoms with E-state index in [-0.39, 0.29) is 17.9 Å². The number of hydrogen-bond donors (Lipinski definition) is 1. The van der Waals surface area contributed by atoms with E-state index in [2.05, 4.69) is 15.0 Å². The van der Waals surface area contributed by atoms with Crippen LogP contribution in [-0.2, 0) is 27.6 Å². The van der Waals surface area contributed by atoms with Gasteiger partial charge in [0, 0.05) is 31.0 Å². The highest BCUT2D eigenvalue weighted by atomic mass is 32.2. The largest absolute Gasteiger partial charge is 0.372 e. The number of rotatable bonds is 5. The zero-order chi connectivity index (χ0) is 17.5. The van der Waals surface area contributed by atoms with Crippen LogP contribution in [0, 0.1) is 20.8 Å². The molecule has 24 heavy (non-hydrogen) atoms. The van der Waals surface area contributed by atoms with Crippen molar-refractivity contribution < 1.29 is 17.7 Å². The van der Waals surface area contributed by atoms with Gasteiger partial charge >= 0.3 is 0 Å². The molecule has 1 aliphatic rings. The molecule has 2 aromatic heterocycles. The summed E-state index contributed by atoms with van der Waals surface area (Å²) in [4.78, 5) is 0. The molecule has 0 aliphatic carbocycles. The van der Waals surface area contributed by atoms with Gasteiger partial charge in [-0.25, -0.2) is 13.1 Å². The van der Waals surface area contributed by atoms with Gasteiger partial charge < -0.3 is 9.26 Å². The Bertz CT molecular complexity index is 840. The third kappa shape index (κ3) is 3.38. The van der Waals surface area contributed by atoms with Gasteiger partial charge in [-0.1, -0.05) is 5.16 Å². The molecule has 2 atom stereocenters. The molecule has 1 saturated heterocycles. The molecule has 1 fully saturated rings. The Labute approximate surface area is 141 Å². The van der Waals surface area contributed by atoms with Crippen molar-refractivity contribution in [3.8, 4) is 0 Å². The van der Waals surface area contributed by atoms with Crippen LogP contribution >= 0.6 is 0 Å². The van der Waals surface area contributed by atoms with Gasteiger partial charge in [0.2, 0.25) is 10.0 Å². The smallest absolute Gasteiger partial charge is 0.217 e. The van der Waals surface area contributed by atoms with Gasteiger partial charge in [0.25, 0.3) is 0 Å². The van der Waals surface area contributed by atoms with Crippen molar-refractivity contribution in [2.45, 2.75) is 45.1 Å². The summed E-state index contributed by atoms with van der Waals surface area (Å²) in [5.41, 5.74) is 3.19. The Hall–Kier alpha value is -1.71. The molecule has 0 bridgehead atoms. The van der Waals surface area contributed by atoms with Gasteiger partial charge in [-0.2, -0.15) is 5.10 Å². The fourth-order valence-electron chi connectivity index (χ4n) is 3.15. The molecule has 0 amide bonds. The monoisotopic (exact) mass is 354 g/mol. The average Bonchev–Trinajstić information content (AvgIpc) is 3.13. The molecule has 0 saturated carbocycles. The molecule has 2 aromatic rings. The standard InChI is InChI=1S/C15H22N4O4S/c1-9-7-12(17-23-9)8-24(20,21)18-13-5-6-22-15(13)14-10(2)16-19(4)11(14)3/h7,13,15,18H,5-6,8H2,1-4H3/t13-,15-/m0/s1. The summed E-state index contributed by atoms with van der Waals surface area (Å²) in [6.45, 7) is 6.11. The first-order valence-corrected chi connectivity index (χ1v) is 9.46. The van der Waals surface area contributed by atoms with E-state index in [0.29, 0.717) is 24.5 Å². The topological polar surface area (TPSA) is 99.2 Å². The number of ether oxygens (including phenoxy) is 1. The van der Waals surface area contributed by atoms with E-state index in [1.165, 1.54) is 0 Å². The minimum atomic E-state index is -3.54. The maximum atomic E-state index is 12.4. The van der Waals surface area contributed by atoms with E-state index in [1.54, 1.807) is 17.7 Å². The maximum absolute atomic E-state index is 12.4. The molecular weight excluding hydrogens is 332 g/mol. The lowest BCUT2D eigenvalue weighted by Gasteiger charge is -2.20. The van der Waals surface area contributed by atoms with Crippen LogP contribution in [0.3, 0.4) is 0 Å². The second kappa shape index (κ2) is 6.30. The molecule has 0 aromatic carbocycles. The lowest BCUT2D eigenvalue weighted by Crippen LogP contribution is -2.37. The third-order valence-electron chi connectivity index (χ3n) is 4.29. The number of nitrogens with one attached hydrogen (secondary N) is 1. The van der Waals surface area contributed by atoms with Gasteiger partial charge in [0.1, 0.15) is 23.3 Å². The summed E-state index contributed by atoms with van der Waals surface area (Å²) in [6.07, 6.45) is 0.294. The van der Waals surface area contributed by atoms with Crippen LogP contribution in [0.1, 0.15) is 40.9 Å². The minimum absolute atomic E-state index is 0.210. The van der Waals surface area contributed by atoms with Crippen LogP contribution in [0.5, 0.6) is 0 Å². The fourth-order valence-corrected chi connectivity index (χ4v) is 4.46. The van der Waals surface area contributed by atoms with Crippen molar-refractivity contribution in [3.63, 3.8) is 0 Å². The molecule has 3 heterocycles. The number of aryl methyl sites for hydroxylation is 3. The van der Waals surface area contributed by atoms with Crippen LogP contribution in [0.4, 0.5) is 0 Å². The van der Waals surface area contributed by atoms with Crippen molar-refractivity contribution >= 4 is 10.0 Å². The van der Waals surface area contributed by atoms with Crippen LogP contribution < -0.4 is 4.72 Å². The molecule has 0 radical (unpaired) electrons. The van der Waals surface area contributed by atoms with Gasteiger partial charge in [0.15, 0.2) is 0 Å². The fraction of sp³-hybridized carbons (Fsp3) is 0.600. The van der Waals surface area contributed by atoms with E-state index in [4.69, 9.17) is 9.26 Å². The van der Waals surface area contributed by atoms with Gasteiger partial charge in [-0.15, -0.1) is 0 Å². The SMILES string of the molecule is Cc1cc(CS(=O)(=O)N[C@H]2CCO[C@@H]2c2c(C)nn(C)c2C)no1. The molecular formula is C15H22N4O4S. The van der Waals surface area contributed by atoms with Gasteiger partial charge in [-0.3, -0.25) is 4.68 Å². The molecule has 9 heteroatoms. The Morgan fingerprint density at radius 1 is 1.38 bits per heavy atom. The molecule has 8 nitrogen and oxygen atoms in total. The summed E-state index contributed by atoms with van der Waals surface area (Å²) in [5, 5.41) is 8.14. The van der Waals surface area contributed by atoms with Gasteiger partial charge in [0.05, 0.1) is 11.7 Å². The summed E-state index contributed by atoms with van der Waals surface area (Å²) in [5.74, 6) is 0.377. The summed E-state index contributed by atoms with van der Waals surface area (Å²) < 4.78 is 40.2. The zero-order valence-corrected chi connectivity index (χ0v) is 15.1. The molecule has 0 unspecified atom stereocenters. The second-order valence-electron chi connectivity index (χ2n) is 6.20. The van der Waals surface area contributed by atoms with Crippen molar-refractivity contribution in [2.24, 2.45) is 7.05 Å². The summed E-state index contributed by atoms with van der Waals surface area (Å²) >= 11 is 0. The Morgan fingerprint density at radius 3 is 2.71 bits per heavy atom. The molecule has 3 rings (SSSR count). The van der Waals surface area contributed by atoms with Crippen molar-refractivity contribution in [1.29, 1.82) is 0 Å². The molecule has 1 aliphatic heterocycles. The van der Waals surface area contributed by atoms with E-state index in [1.807, 2.05) is 20.9 Å². The van der Waals surface area contributed by atoms with E-state index >= 15 is 0 Å². The van der Waals surface area contributed by atoms with E-state index in [9.17, 15) is 8.42 Å². The van der Waals surface area contributed by atoms with Crippen LogP contribution in [0.25, 0.3) is 0 Å². The summed E-state index contributed by atoms with van der Waals surface area (Å²) in [7, 11) is -1.68. The van der Waals surface area contributed by atoms with Crippen molar-refractivity contribution in [2.75, 3.05) is 6.61 Å². The lowest BCUT2D eigenvalue weighted by atomic mass is 10.0. The molecule has 1 N–H and O–H groups in total. The summed E-state index contributed by atoms with van der Waals surface area (Å²) in [6, 6.07) is 1.31. The predicted molar refractivity (Wildman–Crippen MR) is 86.8 cm³/mol. The number of hydrogen-bond acceptors (Lipinski definition) is 6. The van der Waals surface area contributed by atoms with Crippen LogP contribution in [0.15, 0.2) is 10.6 Å². The van der Waals surface area contributed by atoms with E-state index < -0.39 is 10.0 Å². The third-order valence-corrected chi connectivity index (χ3v) is 5.62.